The lowest BCUT2D eigenvalue weighted by Crippen LogP contribution is -2.33. The zero-order valence-corrected chi connectivity index (χ0v) is 11.0. The SMILES string of the molecule is N#Cc1ccc(C(=O)NCC2Cc3ccccc32)cc1. The van der Waals surface area contributed by atoms with E-state index in [-0.39, 0.29) is 5.91 Å². The standard InChI is InChI=1S/C17H14N2O/c18-10-12-5-7-13(8-6-12)17(20)19-11-15-9-14-3-1-2-4-16(14)15/h1-8,15H,9,11H2,(H,19,20). The van der Waals surface area contributed by atoms with E-state index >= 15 is 0 Å². The Bertz CT molecular complexity index is 683. The third-order valence-electron chi connectivity index (χ3n) is 3.75. The van der Waals surface area contributed by atoms with Crippen molar-refractivity contribution in [1.29, 1.82) is 5.26 Å². The quantitative estimate of drug-likeness (QED) is 0.924. The van der Waals surface area contributed by atoms with Gasteiger partial charge < -0.3 is 5.32 Å². The van der Waals surface area contributed by atoms with Crippen molar-refractivity contribution in [2.24, 2.45) is 0 Å². The van der Waals surface area contributed by atoms with Gasteiger partial charge >= 0.3 is 0 Å². The summed E-state index contributed by atoms with van der Waals surface area (Å²) in [5.41, 5.74) is 3.88. The molecule has 0 saturated carbocycles. The summed E-state index contributed by atoms with van der Waals surface area (Å²) < 4.78 is 0. The zero-order valence-electron chi connectivity index (χ0n) is 11.0. The molecule has 0 bridgehead atoms. The topological polar surface area (TPSA) is 52.9 Å². The second-order valence-electron chi connectivity index (χ2n) is 5.00. The van der Waals surface area contributed by atoms with Gasteiger partial charge in [0.05, 0.1) is 11.6 Å². The average Bonchev–Trinajstić information content (AvgIpc) is 2.48. The molecule has 1 aliphatic carbocycles. The Morgan fingerprint density at radius 3 is 2.65 bits per heavy atom. The van der Waals surface area contributed by atoms with E-state index in [4.69, 9.17) is 5.26 Å². The van der Waals surface area contributed by atoms with E-state index in [0.29, 0.717) is 23.6 Å². The molecule has 0 fully saturated rings. The summed E-state index contributed by atoms with van der Waals surface area (Å²) in [5.74, 6) is 0.340. The minimum absolute atomic E-state index is 0.0844. The normalized spacial score (nSPS) is 15.7. The molecular formula is C17H14N2O. The summed E-state index contributed by atoms with van der Waals surface area (Å²) >= 11 is 0. The van der Waals surface area contributed by atoms with Gasteiger partial charge in [0.2, 0.25) is 0 Å². The fraction of sp³-hybridized carbons (Fsp3) is 0.176. The summed E-state index contributed by atoms with van der Waals surface area (Å²) in [7, 11) is 0. The molecule has 1 amide bonds. The number of fused-ring (bicyclic) bond motifs is 1. The fourth-order valence-electron chi connectivity index (χ4n) is 2.56. The number of rotatable bonds is 3. The van der Waals surface area contributed by atoms with Gasteiger partial charge in [-0.25, -0.2) is 0 Å². The Balaban J connectivity index is 1.59. The Kier molecular flexibility index (Phi) is 3.22. The third kappa shape index (κ3) is 2.28. The number of carbonyl (C=O) groups excluding carboxylic acids is 1. The Morgan fingerprint density at radius 2 is 1.95 bits per heavy atom. The molecule has 1 atom stereocenters. The van der Waals surface area contributed by atoms with Crippen molar-refractivity contribution < 1.29 is 4.79 Å². The first-order chi connectivity index (χ1) is 9.78. The highest BCUT2D eigenvalue weighted by atomic mass is 16.1. The number of nitriles is 1. The van der Waals surface area contributed by atoms with Crippen LogP contribution in [0.25, 0.3) is 0 Å². The Hall–Kier alpha value is -2.60. The van der Waals surface area contributed by atoms with E-state index in [1.165, 1.54) is 11.1 Å². The van der Waals surface area contributed by atoms with Crippen LogP contribution in [0, 0.1) is 11.3 Å². The van der Waals surface area contributed by atoms with E-state index in [9.17, 15) is 4.79 Å². The maximum Gasteiger partial charge on any atom is 0.251 e. The predicted octanol–water partition coefficient (Wildman–Crippen LogP) is 2.63. The number of nitrogens with one attached hydrogen (secondary N) is 1. The van der Waals surface area contributed by atoms with Crippen LogP contribution in [0.4, 0.5) is 0 Å². The van der Waals surface area contributed by atoms with Gasteiger partial charge in [0, 0.05) is 18.0 Å². The molecule has 2 aromatic rings. The molecule has 0 aliphatic heterocycles. The van der Waals surface area contributed by atoms with Crippen molar-refractivity contribution in [3.05, 3.63) is 70.8 Å². The molecule has 20 heavy (non-hydrogen) atoms. The van der Waals surface area contributed by atoms with Crippen LogP contribution in [0.5, 0.6) is 0 Å². The molecule has 98 valence electrons. The molecule has 2 aromatic carbocycles. The van der Waals surface area contributed by atoms with Crippen molar-refractivity contribution in [3.8, 4) is 6.07 Å². The average molecular weight is 262 g/mol. The van der Waals surface area contributed by atoms with E-state index in [1.807, 2.05) is 18.2 Å². The highest BCUT2D eigenvalue weighted by Crippen LogP contribution is 2.33. The number of hydrogen-bond acceptors (Lipinski definition) is 2. The van der Waals surface area contributed by atoms with E-state index < -0.39 is 0 Å². The highest BCUT2D eigenvalue weighted by molar-refractivity contribution is 5.94. The first-order valence-corrected chi connectivity index (χ1v) is 6.64. The zero-order chi connectivity index (χ0) is 13.9. The van der Waals surface area contributed by atoms with Crippen LogP contribution in [0.2, 0.25) is 0 Å². The van der Waals surface area contributed by atoms with Gasteiger partial charge in [-0.2, -0.15) is 5.26 Å². The summed E-state index contributed by atoms with van der Waals surface area (Å²) in [4.78, 5) is 12.0. The van der Waals surface area contributed by atoms with Gasteiger partial charge in [0.1, 0.15) is 0 Å². The van der Waals surface area contributed by atoms with Gasteiger partial charge in [-0.15, -0.1) is 0 Å². The van der Waals surface area contributed by atoms with Crippen molar-refractivity contribution >= 4 is 5.91 Å². The summed E-state index contributed by atoms with van der Waals surface area (Å²) in [5, 5.41) is 11.7. The van der Waals surface area contributed by atoms with E-state index in [1.54, 1.807) is 24.3 Å². The number of carbonyl (C=O) groups is 1. The number of nitrogens with zero attached hydrogens (tertiary/aromatic N) is 1. The molecule has 0 saturated heterocycles. The molecular weight excluding hydrogens is 248 g/mol. The highest BCUT2D eigenvalue weighted by Gasteiger charge is 2.25. The summed E-state index contributed by atoms with van der Waals surface area (Å²) in [6, 6.07) is 17.1. The van der Waals surface area contributed by atoms with Crippen molar-refractivity contribution in [2.75, 3.05) is 6.54 Å². The fourth-order valence-corrected chi connectivity index (χ4v) is 2.56. The van der Waals surface area contributed by atoms with Crippen LogP contribution in [0.1, 0.15) is 33.0 Å². The van der Waals surface area contributed by atoms with Gasteiger partial charge in [-0.05, 0) is 41.8 Å². The van der Waals surface area contributed by atoms with Gasteiger partial charge in [-0.1, -0.05) is 24.3 Å². The largest absolute Gasteiger partial charge is 0.351 e. The number of amides is 1. The second kappa shape index (κ2) is 5.18. The molecule has 1 unspecified atom stereocenters. The molecule has 0 heterocycles. The van der Waals surface area contributed by atoms with Gasteiger partial charge in [0.15, 0.2) is 0 Å². The molecule has 1 aliphatic rings. The Labute approximate surface area is 117 Å². The molecule has 1 N–H and O–H groups in total. The van der Waals surface area contributed by atoms with Crippen molar-refractivity contribution in [2.45, 2.75) is 12.3 Å². The van der Waals surface area contributed by atoms with Crippen LogP contribution in [0.3, 0.4) is 0 Å². The molecule has 0 radical (unpaired) electrons. The second-order valence-corrected chi connectivity index (χ2v) is 5.00. The van der Waals surface area contributed by atoms with Crippen molar-refractivity contribution in [1.82, 2.24) is 5.32 Å². The first-order valence-electron chi connectivity index (χ1n) is 6.64. The first kappa shape index (κ1) is 12.4. The molecule has 0 spiro atoms. The lowest BCUT2D eigenvalue weighted by molar-refractivity contribution is 0.0950. The van der Waals surface area contributed by atoms with E-state index in [2.05, 4.69) is 17.4 Å². The molecule has 3 rings (SSSR count). The lowest BCUT2D eigenvalue weighted by Gasteiger charge is -2.30. The summed E-state index contributed by atoms with van der Waals surface area (Å²) in [6.45, 7) is 0.663. The summed E-state index contributed by atoms with van der Waals surface area (Å²) in [6.07, 6.45) is 1.03. The predicted molar refractivity (Wildman–Crippen MR) is 76.4 cm³/mol. The maximum atomic E-state index is 12.0. The van der Waals surface area contributed by atoms with Crippen LogP contribution >= 0.6 is 0 Å². The van der Waals surface area contributed by atoms with Crippen LogP contribution in [-0.2, 0) is 6.42 Å². The van der Waals surface area contributed by atoms with Crippen LogP contribution in [-0.4, -0.2) is 12.5 Å². The van der Waals surface area contributed by atoms with Gasteiger partial charge in [-0.3, -0.25) is 4.79 Å². The minimum atomic E-state index is -0.0844. The maximum absolute atomic E-state index is 12.0. The Morgan fingerprint density at radius 1 is 1.20 bits per heavy atom. The monoisotopic (exact) mass is 262 g/mol. The van der Waals surface area contributed by atoms with Crippen LogP contribution in [0.15, 0.2) is 48.5 Å². The molecule has 3 nitrogen and oxygen atoms in total. The minimum Gasteiger partial charge on any atom is -0.351 e. The molecule has 3 heteroatoms. The van der Waals surface area contributed by atoms with Gasteiger partial charge in [0.25, 0.3) is 5.91 Å². The smallest absolute Gasteiger partial charge is 0.251 e. The molecule has 0 aromatic heterocycles. The lowest BCUT2D eigenvalue weighted by atomic mass is 9.77. The van der Waals surface area contributed by atoms with Crippen LogP contribution < -0.4 is 5.32 Å². The van der Waals surface area contributed by atoms with Crippen molar-refractivity contribution in [3.63, 3.8) is 0 Å². The van der Waals surface area contributed by atoms with E-state index in [0.717, 1.165) is 6.42 Å². The number of benzene rings is 2. The third-order valence-corrected chi connectivity index (χ3v) is 3.75. The number of hydrogen-bond donors (Lipinski definition) is 1.